The molecule has 1 aliphatic heterocycles. The van der Waals surface area contributed by atoms with Crippen LogP contribution >= 0.6 is 0 Å². The molecule has 7 nitrogen and oxygen atoms in total. The van der Waals surface area contributed by atoms with Gasteiger partial charge in [0.25, 0.3) is 17.7 Å². The lowest BCUT2D eigenvalue weighted by Gasteiger charge is -2.18. The number of rotatable bonds is 6. The van der Waals surface area contributed by atoms with Gasteiger partial charge >= 0.3 is 0 Å². The maximum Gasteiger partial charge on any atom is 0.266 e. The highest BCUT2D eigenvalue weighted by Crippen LogP contribution is 2.36. The molecule has 0 atom stereocenters. The summed E-state index contributed by atoms with van der Waals surface area (Å²) in [4.78, 5) is 39.0. The number of nitrogens with one attached hydrogen (secondary N) is 1. The molecule has 3 amide bonds. The Bertz CT molecular complexity index is 1200. The molecule has 0 aliphatic carbocycles. The smallest absolute Gasteiger partial charge is 0.266 e. The van der Waals surface area contributed by atoms with Crippen LogP contribution in [0.4, 0.5) is 11.4 Å². The Labute approximate surface area is 185 Å². The molecule has 1 N–H and O–H groups in total. The van der Waals surface area contributed by atoms with Gasteiger partial charge in [0.2, 0.25) is 0 Å². The van der Waals surface area contributed by atoms with E-state index in [2.05, 4.69) is 5.32 Å². The van der Waals surface area contributed by atoms with Crippen LogP contribution in [-0.4, -0.2) is 31.4 Å². The third-order valence-electron chi connectivity index (χ3n) is 5.19. The van der Waals surface area contributed by atoms with Crippen molar-refractivity contribution >= 4 is 29.1 Å². The minimum absolute atomic E-state index is 0.160. The SMILES string of the molecule is COc1cc(NC(=O)COc2ccc(C)cc2C)ccc1N1C(=O)c2ccccc2C1=O. The first-order chi connectivity index (χ1) is 15.4. The van der Waals surface area contributed by atoms with Crippen molar-refractivity contribution in [3.63, 3.8) is 0 Å². The number of imide groups is 1. The van der Waals surface area contributed by atoms with Crippen LogP contribution in [0.25, 0.3) is 0 Å². The Morgan fingerprint density at radius 3 is 2.22 bits per heavy atom. The zero-order chi connectivity index (χ0) is 22.8. The van der Waals surface area contributed by atoms with Crippen LogP contribution in [-0.2, 0) is 4.79 Å². The van der Waals surface area contributed by atoms with Gasteiger partial charge in [-0.3, -0.25) is 14.4 Å². The van der Waals surface area contributed by atoms with E-state index in [-0.39, 0.29) is 18.3 Å². The maximum absolute atomic E-state index is 12.8. The van der Waals surface area contributed by atoms with E-state index in [1.54, 1.807) is 42.5 Å². The molecule has 1 aliphatic rings. The molecular weight excluding hydrogens is 408 g/mol. The highest BCUT2D eigenvalue weighted by Gasteiger charge is 2.37. The summed E-state index contributed by atoms with van der Waals surface area (Å²) < 4.78 is 11.0. The first kappa shape index (κ1) is 21.1. The number of anilines is 2. The molecule has 0 bridgehead atoms. The lowest BCUT2D eigenvalue weighted by Crippen LogP contribution is -2.29. The lowest BCUT2D eigenvalue weighted by atomic mass is 10.1. The molecule has 0 unspecified atom stereocenters. The van der Waals surface area contributed by atoms with Crippen LogP contribution < -0.4 is 19.7 Å². The predicted octanol–water partition coefficient (Wildman–Crippen LogP) is 4.13. The van der Waals surface area contributed by atoms with Gasteiger partial charge in [0, 0.05) is 11.8 Å². The number of methoxy groups -OCH3 is 1. The Morgan fingerprint density at radius 1 is 0.906 bits per heavy atom. The summed E-state index contributed by atoms with van der Waals surface area (Å²) in [7, 11) is 1.44. The fourth-order valence-electron chi connectivity index (χ4n) is 3.65. The van der Waals surface area contributed by atoms with Crippen molar-refractivity contribution in [1.29, 1.82) is 0 Å². The van der Waals surface area contributed by atoms with Gasteiger partial charge in [-0.15, -0.1) is 0 Å². The summed E-state index contributed by atoms with van der Waals surface area (Å²) in [6, 6.07) is 17.1. The summed E-state index contributed by atoms with van der Waals surface area (Å²) in [6.45, 7) is 3.75. The molecule has 0 radical (unpaired) electrons. The Morgan fingerprint density at radius 2 is 1.59 bits per heavy atom. The fourth-order valence-corrected chi connectivity index (χ4v) is 3.65. The number of aryl methyl sites for hydroxylation is 2. The monoisotopic (exact) mass is 430 g/mol. The standard InChI is InChI=1S/C25H22N2O5/c1-15-8-11-21(16(2)12-15)32-14-23(28)26-17-9-10-20(22(13-17)31-3)27-24(29)18-6-4-5-7-19(18)25(27)30/h4-13H,14H2,1-3H3,(H,26,28). The number of carbonyl (C=O) groups excluding carboxylic acids is 3. The van der Waals surface area contributed by atoms with Gasteiger partial charge in [0.1, 0.15) is 11.5 Å². The van der Waals surface area contributed by atoms with E-state index in [1.807, 2.05) is 32.0 Å². The van der Waals surface area contributed by atoms with Gasteiger partial charge in [-0.1, -0.05) is 29.8 Å². The normalized spacial score (nSPS) is 12.5. The van der Waals surface area contributed by atoms with Crippen molar-refractivity contribution in [2.75, 3.05) is 23.9 Å². The number of nitrogens with zero attached hydrogens (tertiary/aromatic N) is 1. The Balaban J connectivity index is 1.49. The van der Waals surface area contributed by atoms with Gasteiger partial charge < -0.3 is 14.8 Å². The van der Waals surface area contributed by atoms with E-state index in [1.165, 1.54) is 7.11 Å². The summed E-state index contributed by atoms with van der Waals surface area (Å²) in [5.74, 6) is -0.248. The average molecular weight is 430 g/mol. The Kier molecular flexibility index (Phi) is 5.64. The highest BCUT2D eigenvalue weighted by molar-refractivity contribution is 6.34. The summed E-state index contributed by atoms with van der Waals surface area (Å²) in [5, 5.41) is 2.74. The molecule has 0 saturated heterocycles. The molecule has 0 aromatic heterocycles. The summed E-state index contributed by atoms with van der Waals surface area (Å²) in [5.41, 5.74) is 3.52. The first-order valence-electron chi connectivity index (χ1n) is 10.0. The van der Waals surface area contributed by atoms with Crippen molar-refractivity contribution in [1.82, 2.24) is 0 Å². The van der Waals surface area contributed by atoms with Crippen LogP contribution in [0.3, 0.4) is 0 Å². The van der Waals surface area contributed by atoms with Gasteiger partial charge in [-0.25, -0.2) is 4.90 Å². The van der Waals surface area contributed by atoms with E-state index in [0.29, 0.717) is 28.3 Å². The second-order valence-electron chi connectivity index (χ2n) is 7.48. The van der Waals surface area contributed by atoms with E-state index in [4.69, 9.17) is 9.47 Å². The van der Waals surface area contributed by atoms with Crippen LogP contribution in [0.5, 0.6) is 11.5 Å². The minimum atomic E-state index is -0.414. The summed E-state index contributed by atoms with van der Waals surface area (Å²) >= 11 is 0. The average Bonchev–Trinajstić information content (AvgIpc) is 3.03. The molecule has 4 rings (SSSR count). The molecule has 7 heteroatoms. The number of ether oxygens (including phenoxy) is 2. The zero-order valence-corrected chi connectivity index (χ0v) is 18.0. The molecule has 0 spiro atoms. The largest absolute Gasteiger partial charge is 0.494 e. The van der Waals surface area contributed by atoms with Crippen LogP contribution in [0.1, 0.15) is 31.8 Å². The number of benzene rings is 3. The number of carbonyl (C=O) groups is 3. The maximum atomic E-state index is 12.8. The first-order valence-corrected chi connectivity index (χ1v) is 10.0. The molecule has 1 heterocycles. The summed E-state index contributed by atoms with van der Waals surface area (Å²) in [6.07, 6.45) is 0. The van der Waals surface area contributed by atoms with E-state index in [9.17, 15) is 14.4 Å². The van der Waals surface area contributed by atoms with Crippen molar-refractivity contribution < 1.29 is 23.9 Å². The third-order valence-corrected chi connectivity index (χ3v) is 5.19. The molecule has 32 heavy (non-hydrogen) atoms. The second kappa shape index (κ2) is 8.55. The van der Waals surface area contributed by atoms with Crippen LogP contribution in [0, 0.1) is 13.8 Å². The predicted molar refractivity (Wildman–Crippen MR) is 121 cm³/mol. The van der Waals surface area contributed by atoms with Crippen LogP contribution in [0.2, 0.25) is 0 Å². The van der Waals surface area contributed by atoms with Gasteiger partial charge in [0.05, 0.1) is 23.9 Å². The van der Waals surface area contributed by atoms with E-state index >= 15 is 0 Å². The fraction of sp³-hybridized carbons (Fsp3) is 0.160. The number of hydrogen-bond acceptors (Lipinski definition) is 5. The molecular formula is C25H22N2O5. The van der Waals surface area contributed by atoms with Crippen molar-refractivity contribution in [3.05, 3.63) is 82.9 Å². The number of fused-ring (bicyclic) bond motifs is 1. The molecule has 0 fully saturated rings. The topological polar surface area (TPSA) is 84.9 Å². The van der Waals surface area contributed by atoms with Gasteiger partial charge in [-0.2, -0.15) is 0 Å². The molecule has 3 aromatic rings. The quantitative estimate of drug-likeness (QED) is 0.595. The minimum Gasteiger partial charge on any atom is -0.494 e. The van der Waals surface area contributed by atoms with Crippen molar-refractivity contribution in [3.8, 4) is 11.5 Å². The van der Waals surface area contributed by atoms with Crippen molar-refractivity contribution in [2.24, 2.45) is 0 Å². The molecule has 3 aromatic carbocycles. The molecule has 0 saturated carbocycles. The van der Waals surface area contributed by atoms with Crippen LogP contribution in [0.15, 0.2) is 60.7 Å². The van der Waals surface area contributed by atoms with Crippen molar-refractivity contribution in [2.45, 2.75) is 13.8 Å². The lowest BCUT2D eigenvalue weighted by molar-refractivity contribution is -0.118. The van der Waals surface area contributed by atoms with Gasteiger partial charge in [-0.05, 0) is 49.7 Å². The number of amides is 3. The highest BCUT2D eigenvalue weighted by atomic mass is 16.5. The zero-order valence-electron chi connectivity index (χ0n) is 18.0. The van der Waals surface area contributed by atoms with E-state index < -0.39 is 11.8 Å². The third kappa shape index (κ3) is 3.92. The number of hydrogen-bond donors (Lipinski definition) is 1. The van der Waals surface area contributed by atoms with Gasteiger partial charge in [0.15, 0.2) is 6.61 Å². The van der Waals surface area contributed by atoms with E-state index in [0.717, 1.165) is 16.0 Å². The Hall–Kier alpha value is -4.13. The second-order valence-corrected chi connectivity index (χ2v) is 7.48. The molecule has 162 valence electrons.